The van der Waals surface area contributed by atoms with Gasteiger partial charge in [-0.3, -0.25) is 0 Å². The molecule has 0 bridgehead atoms. The number of hydrogen-bond donors (Lipinski definition) is 0. The van der Waals surface area contributed by atoms with E-state index >= 15 is 0 Å². The molecule has 0 saturated carbocycles. The van der Waals surface area contributed by atoms with Crippen molar-refractivity contribution in [3.8, 4) is 5.75 Å². The highest BCUT2D eigenvalue weighted by atomic mass is 35.5. The molecule has 1 heterocycles. The minimum Gasteiger partial charge on any atom is -0.475 e. The van der Waals surface area contributed by atoms with E-state index in [1.165, 1.54) is 6.08 Å². The Labute approximate surface area is 137 Å². The van der Waals surface area contributed by atoms with Crippen LogP contribution in [0.3, 0.4) is 0 Å². The lowest BCUT2D eigenvalue weighted by Gasteiger charge is -2.29. The predicted octanol–water partition coefficient (Wildman–Crippen LogP) is 5.42. The fourth-order valence-corrected chi connectivity index (χ4v) is 3.18. The molecule has 0 aromatic heterocycles. The zero-order valence-corrected chi connectivity index (χ0v) is 13.9. The van der Waals surface area contributed by atoms with E-state index in [-0.39, 0.29) is 10.8 Å². The minimum absolute atomic E-state index is 0.0153. The maximum atomic E-state index is 12.8. The van der Waals surface area contributed by atoms with E-state index in [1.54, 1.807) is 13.1 Å². The fourth-order valence-electron chi connectivity index (χ4n) is 2.38. The monoisotopic (exact) mass is 353 g/mol. The number of alkyl halides is 3. The van der Waals surface area contributed by atoms with Gasteiger partial charge < -0.3 is 9.64 Å². The number of ether oxygens (including phenoxy) is 1. The molecule has 122 valence electrons. The van der Waals surface area contributed by atoms with Gasteiger partial charge in [0.05, 0.1) is 10.7 Å². The highest BCUT2D eigenvalue weighted by molar-refractivity contribution is 6.40. The van der Waals surface area contributed by atoms with E-state index in [4.69, 9.17) is 27.9 Å². The Hall–Kier alpha value is -1.07. The molecule has 22 heavy (non-hydrogen) atoms. The number of rotatable bonds is 3. The van der Waals surface area contributed by atoms with Gasteiger partial charge in [-0.2, -0.15) is 13.2 Å². The Morgan fingerprint density at radius 1 is 1.32 bits per heavy atom. The van der Waals surface area contributed by atoms with E-state index in [9.17, 15) is 13.2 Å². The van der Waals surface area contributed by atoms with E-state index < -0.39 is 12.3 Å². The first-order valence-corrected chi connectivity index (χ1v) is 7.51. The smallest absolute Gasteiger partial charge is 0.429 e. The van der Waals surface area contributed by atoms with Crippen LogP contribution in [0.4, 0.5) is 18.9 Å². The Balaban J connectivity index is 2.44. The first-order valence-electron chi connectivity index (χ1n) is 6.76. The maximum Gasteiger partial charge on any atom is 0.429 e. The van der Waals surface area contributed by atoms with Crippen molar-refractivity contribution in [3.63, 3.8) is 0 Å². The zero-order chi connectivity index (χ0) is 16.7. The summed E-state index contributed by atoms with van der Waals surface area (Å²) in [5.74, 6) is 0.360. The van der Waals surface area contributed by atoms with Crippen LogP contribution in [-0.4, -0.2) is 25.9 Å². The van der Waals surface area contributed by atoms with Crippen LogP contribution >= 0.6 is 23.2 Å². The van der Waals surface area contributed by atoms with E-state index in [2.05, 4.69) is 0 Å². The van der Waals surface area contributed by atoms with Crippen molar-refractivity contribution < 1.29 is 17.9 Å². The molecule has 2 rings (SSSR count). The molecule has 1 aromatic carbocycles. The molecular weight excluding hydrogens is 338 g/mol. The van der Waals surface area contributed by atoms with Crippen molar-refractivity contribution in [1.29, 1.82) is 0 Å². The molecule has 0 fully saturated rings. The molecule has 0 radical (unpaired) electrons. The lowest BCUT2D eigenvalue weighted by molar-refractivity contribution is -0.180. The fraction of sp³-hybridized carbons (Fsp3) is 0.467. The normalized spacial score (nSPS) is 17.4. The predicted molar refractivity (Wildman–Crippen MR) is 84.1 cm³/mol. The van der Waals surface area contributed by atoms with Gasteiger partial charge in [-0.05, 0) is 18.1 Å². The molecule has 2 nitrogen and oxygen atoms in total. The first-order chi connectivity index (χ1) is 10.1. The molecule has 0 N–H and O–H groups in total. The van der Waals surface area contributed by atoms with E-state index in [0.717, 1.165) is 6.08 Å². The van der Waals surface area contributed by atoms with Crippen LogP contribution in [-0.2, 0) is 0 Å². The SMILES string of the molecule is CC(C)CN(C)c1c(Cl)cc2c(c1Cl)OC(C(F)(F)F)C=C2. The number of hydrogen-bond acceptors (Lipinski definition) is 2. The number of anilines is 1. The summed E-state index contributed by atoms with van der Waals surface area (Å²) in [5, 5.41) is 0.481. The third-order valence-electron chi connectivity index (χ3n) is 3.22. The molecule has 1 aliphatic heterocycles. The van der Waals surface area contributed by atoms with Crippen molar-refractivity contribution in [2.45, 2.75) is 26.1 Å². The second-order valence-electron chi connectivity index (χ2n) is 5.65. The van der Waals surface area contributed by atoms with Crippen LogP contribution in [0.15, 0.2) is 12.1 Å². The largest absolute Gasteiger partial charge is 0.475 e. The highest BCUT2D eigenvalue weighted by Crippen LogP contribution is 2.46. The Morgan fingerprint density at radius 2 is 1.95 bits per heavy atom. The van der Waals surface area contributed by atoms with Crippen molar-refractivity contribution in [3.05, 3.63) is 27.8 Å². The third-order valence-corrected chi connectivity index (χ3v) is 3.86. The van der Waals surface area contributed by atoms with Gasteiger partial charge in [0.25, 0.3) is 0 Å². The summed E-state index contributed by atoms with van der Waals surface area (Å²) in [4.78, 5) is 1.82. The van der Waals surface area contributed by atoms with Gasteiger partial charge >= 0.3 is 6.18 Å². The number of fused-ring (bicyclic) bond motifs is 1. The summed E-state index contributed by atoms with van der Waals surface area (Å²) in [6.07, 6.45) is -4.20. The van der Waals surface area contributed by atoms with Gasteiger partial charge in [0.1, 0.15) is 10.8 Å². The molecule has 0 saturated heterocycles. The van der Waals surface area contributed by atoms with Crippen molar-refractivity contribution in [2.24, 2.45) is 5.92 Å². The van der Waals surface area contributed by atoms with Crippen LogP contribution in [0.1, 0.15) is 19.4 Å². The molecule has 1 unspecified atom stereocenters. The molecule has 1 atom stereocenters. The molecular formula is C15H16Cl2F3NO. The molecule has 1 aliphatic rings. The van der Waals surface area contributed by atoms with Gasteiger partial charge in [-0.15, -0.1) is 0 Å². The van der Waals surface area contributed by atoms with Crippen molar-refractivity contribution in [1.82, 2.24) is 0 Å². The van der Waals surface area contributed by atoms with Gasteiger partial charge in [0.2, 0.25) is 6.10 Å². The highest BCUT2D eigenvalue weighted by Gasteiger charge is 2.42. The molecule has 0 amide bonds. The Morgan fingerprint density at radius 3 is 2.50 bits per heavy atom. The van der Waals surface area contributed by atoms with E-state index in [1.807, 2.05) is 18.7 Å². The minimum atomic E-state index is -4.48. The molecule has 7 heteroatoms. The van der Waals surface area contributed by atoms with Crippen molar-refractivity contribution in [2.75, 3.05) is 18.5 Å². The first kappa shape index (κ1) is 17.3. The van der Waals surface area contributed by atoms with E-state index in [0.29, 0.717) is 28.7 Å². The lowest BCUT2D eigenvalue weighted by atomic mass is 10.1. The second-order valence-corrected chi connectivity index (χ2v) is 6.44. The van der Waals surface area contributed by atoms with Gasteiger partial charge in [0, 0.05) is 19.2 Å². The summed E-state index contributed by atoms with van der Waals surface area (Å²) < 4.78 is 43.5. The average molecular weight is 354 g/mol. The topological polar surface area (TPSA) is 12.5 Å². The summed E-state index contributed by atoms with van der Waals surface area (Å²) in [7, 11) is 1.79. The molecule has 0 spiro atoms. The van der Waals surface area contributed by atoms with Gasteiger partial charge in [-0.25, -0.2) is 0 Å². The van der Waals surface area contributed by atoms with Crippen LogP contribution in [0.5, 0.6) is 5.75 Å². The van der Waals surface area contributed by atoms with Gasteiger partial charge in [0.15, 0.2) is 0 Å². The number of nitrogens with zero attached hydrogens (tertiary/aromatic N) is 1. The Bertz CT molecular complexity index is 599. The second kappa shape index (κ2) is 6.20. The summed E-state index contributed by atoms with van der Waals surface area (Å²) in [5.41, 5.74) is 0.921. The van der Waals surface area contributed by atoms with Crippen molar-refractivity contribution >= 4 is 35.0 Å². The third kappa shape index (κ3) is 3.46. The number of halogens is 5. The summed E-state index contributed by atoms with van der Waals surface area (Å²) in [6.45, 7) is 4.71. The number of benzene rings is 1. The molecule has 0 aliphatic carbocycles. The Kier molecular flexibility index (Phi) is 4.87. The van der Waals surface area contributed by atoms with Crippen LogP contribution < -0.4 is 9.64 Å². The van der Waals surface area contributed by atoms with Crippen LogP contribution in [0.2, 0.25) is 10.0 Å². The zero-order valence-electron chi connectivity index (χ0n) is 12.3. The summed E-state index contributed by atoms with van der Waals surface area (Å²) in [6, 6.07) is 1.57. The maximum absolute atomic E-state index is 12.8. The molecule has 1 aromatic rings. The quantitative estimate of drug-likeness (QED) is 0.718. The van der Waals surface area contributed by atoms with Gasteiger partial charge in [-0.1, -0.05) is 43.1 Å². The lowest BCUT2D eigenvalue weighted by Crippen LogP contribution is -2.34. The summed E-state index contributed by atoms with van der Waals surface area (Å²) >= 11 is 12.5. The van der Waals surface area contributed by atoms with Crippen LogP contribution in [0, 0.1) is 5.92 Å². The standard InChI is InChI=1S/C15H16Cl2F3NO/c1-8(2)7-21(3)13-10(16)6-9-4-5-11(15(18,19)20)22-14(9)12(13)17/h4-6,8,11H,7H2,1-3H3. The average Bonchev–Trinajstić information content (AvgIpc) is 2.36. The van der Waals surface area contributed by atoms with Crippen LogP contribution in [0.25, 0.3) is 6.08 Å².